The summed E-state index contributed by atoms with van der Waals surface area (Å²) >= 11 is -2.61. The minimum atomic E-state index is -2.61. The number of hydrogen-bond donors (Lipinski definition) is 3. The molecule has 22 heavy (non-hydrogen) atoms. The Morgan fingerprint density at radius 1 is 0.955 bits per heavy atom. The molecule has 3 N–H and O–H groups in total. The van der Waals surface area contributed by atoms with Gasteiger partial charge in [0.25, 0.3) is 0 Å². The van der Waals surface area contributed by atoms with Crippen molar-refractivity contribution in [1.29, 1.82) is 0 Å². The molecule has 128 valence electrons. The molecule has 1 atom stereocenters. The number of hydrogen-bond acceptors (Lipinski definition) is 3. The molecule has 0 aliphatic heterocycles. The molecule has 0 saturated carbocycles. The van der Waals surface area contributed by atoms with E-state index in [2.05, 4.69) is 58.2 Å². The first-order valence-electron chi connectivity index (χ1n) is 9.30. The second kappa shape index (κ2) is 10.8. The zero-order valence-corrected chi connectivity index (χ0v) is 17.0. The van der Waals surface area contributed by atoms with Gasteiger partial charge in [0, 0.05) is 0 Å². The predicted molar refractivity (Wildman–Crippen MR) is 95.1 cm³/mol. The van der Waals surface area contributed by atoms with Crippen LogP contribution in [0.15, 0.2) is 21.6 Å². The average molecular weight is 343 g/mol. The van der Waals surface area contributed by atoms with E-state index in [1.54, 1.807) is 9.45 Å². The average Bonchev–Trinajstić information content (AvgIpc) is 3.04. The van der Waals surface area contributed by atoms with E-state index in [4.69, 9.17) is 0 Å². The molecule has 1 aliphatic rings. The zero-order valence-electron chi connectivity index (χ0n) is 15.4. The van der Waals surface area contributed by atoms with Crippen molar-refractivity contribution in [1.82, 2.24) is 11.4 Å². The molecular weight excluding hydrogens is 306 g/mol. The summed E-state index contributed by atoms with van der Waals surface area (Å²) in [5.41, 5.74) is 1.60. The molecule has 0 aromatic heterocycles. The first kappa shape index (κ1) is 20.1. The molecule has 1 aliphatic carbocycles. The summed E-state index contributed by atoms with van der Waals surface area (Å²) < 4.78 is 13.6. The van der Waals surface area contributed by atoms with E-state index >= 15 is 0 Å². The Bertz CT molecular complexity index is 355. The third-order valence-corrected chi connectivity index (χ3v) is 10.3. The SMILES string of the molecule is CCC[NH][Ti]([NH]CCC)([NH]CCC)[C]1=C(C(C)CC)C=CC1. The van der Waals surface area contributed by atoms with Gasteiger partial charge < -0.3 is 0 Å². The van der Waals surface area contributed by atoms with Crippen LogP contribution in [0.5, 0.6) is 0 Å². The standard InChI is InChI=1S/C9H13.3C3H8N.Ti/c1-3-8(2)9-6-4-5-7-9;3*1-2-3-4;/h4,6,8H,3,5H2,1-2H3;3*4H,2-3H2,1H3;/q;3*-1;+3. The molecule has 0 amide bonds. The molecule has 1 unspecified atom stereocenters. The first-order valence-corrected chi connectivity index (χ1v) is 12.4. The van der Waals surface area contributed by atoms with Crippen LogP contribution in [0.25, 0.3) is 0 Å². The van der Waals surface area contributed by atoms with Crippen LogP contribution in [-0.2, 0) is 17.4 Å². The van der Waals surface area contributed by atoms with Crippen molar-refractivity contribution in [2.45, 2.75) is 66.7 Å². The van der Waals surface area contributed by atoms with Gasteiger partial charge in [-0.05, 0) is 0 Å². The van der Waals surface area contributed by atoms with Crippen LogP contribution in [-0.4, -0.2) is 19.6 Å². The molecular formula is C18H37N3Ti. The van der Waals surface area contributed by atoms with Gasteiger partial charge in [0.1, 0.15) is 0 Å². The van der Waals surface area contributed by atoms with Crippen LogP contribution in [0.2, 0.25) is 0 Å². The summed E-state index contributed by atoms with van der Waals surface area (Å²) in [6.45, 7) is 14.8. The molecule has 4 heteroatoms. The first-order chi connectivity index (χ1) is 10.6. The molecule has 0 bridgehead atoms. The van der Waals surface area contributed by atoms with Gasteiger partial charge >= 0.3 is 143 Å². The van der Waals surface area contributed by atoms with Crippen molar-refractivity contribution in [3.63, 3.8) is 0 Å². The van der Waals surface area contributed by atoms with Gasteiger partial charge in [-0.1, -0.05) is 0 Å². The van der Waals surface area contributed by atoms with Crippen molar-refractivity contribution >= 4 is 0 Å². The van der Waals surface area contributed by atoms with E-state index < -0.39 is 17.4 Å². The van der Waals surface area contributed by atoms with Gasteiger partial charge in [0.2, 0.25) is 0 Å². The Hall–Kier alpha value is 0.0743. The Kier molecular flexibility index (Phi) is 9.85. The number of rotatable bonds is 12. The van der Waals surface area contributed by atoms with E-state index in [-0.39, 0.29) is 0 Å². The van der Waals surface area contributed by atoms with Crippen molar-refractivity contribution in [3.8, 4) is 0 Å². The van der Waals surface area contributed by atoms with Crippen LogP contribution in [0.1, 0.15) is 66.7 Å². The summed E-state index contributed by atoms with van der Waals surface area (Å²) in [5.74, 6) is 0.661. The maximum absolute atomic E-state index is 3.97. The molecule has 0 fully saturated rings. The Morgan fingerprint density at radius 3 is 1.86 bits per heavy atom. The number of nitrogens with one attached hydrogen (secondary N) is 3. The molecule has 3 nitrogen and oxygen atoms in total. The van der Waals surface area contributed by atoms with Gasteiger partial charge in [0.15, 0.2) is 0 Å². The van der Waals surface area contributed by atoms with Gasteiger partial charge in [-0.2, -0.15) is 0 Å². The third-order valence-electron chi connectivity index (χ3n) is 4.48. The monoisotopic (exact) mass is 343 g/mol. The van der Waals surface area contributed by atoms with Crippen LogP contribution >= 0.6 is 0 Å². The van der Waals surface area contributed by atoms with E-state index in [1.807, 2.05) is 0 Å². The van der Waals surface area contributed by atoms with Gasteiger partial charge in [-0.25, -0.2) is 0 Å². The van der Waals surface area contributed by atoms with Crippen molar-refractivity contribution < 1.29 is 17.4 Å². The fourth-order valence-electron chi connectivity index (χ4n) is 3.02. The topological polar surface area (TPSA) is 36.1 Å². The van der Waals surface area contributed by atoms with Crippen LogP contribution in [0, 0.1) is 5.92 Å². The molecule has 0 aromatic carbocycles. The van der Waals surface area contributed by atoms with Crippen LogP contribution < -0.4 is 11.4 Å². The van der Waals surface area contributed by atoms with Crippen molar-refractivity contribution in [3.05, 3.63) is 21.6 Å². The second-order valence-corrected chi connectivity index (χ2v) is 11.3. The van der Waals surface area contributed by atoms with E-state index in [1.165, 1.54) is 25.7 Å². The summed E-state index contributed by atoms with van der Waals surface area (Å²) in [5, 5.41) is 0. The Morgan fingerprint density at radius 2 is 1.45 bits per heavy atom. The number of allylic oxidation sites excluding steroid dienone is 4. The Labute approximate surface area is 142 Å². The van der Waals surface area contributed by atoms with Gasteiger partial charge in [0.05, 0.1) is 0 Å². The fraction of sp³-hybridized carbons (Fsp3) is 0.778. The fourth-order valence-corrected chi connectivity index (χ4v) is 9.38. The third kappa shape index (κ3) is 5.31. The van der Waals surface area contributed by atoms with Gasteiger partial charge in [-0.15, -0.1) is 0 Å². The van der Waals surface area contributed by atoms with E-state index in [9.17, 15) is 0 Å². The Balaban J connectivity index is 3.13. The van der Waals surface area contributed by atoms with E-state index in [0.29, 0.717) is 5.92 Å². The van der Waals surface area contributed by atoms with Gasteiger partial charge in [-0.3, -0.25) is 0 Å². The molecule has 0 heterocycles. The minimum absolute atomic E-state index is 0.661. The predicted octanol–water partition coefficient (Wildman–Crippen LogP) is 4.14. The van der Waals surface area contributed by atoms with Crippen LogP contribution in [0.4, 0.5) is 0 Å². The summed E-state index contributed by atoms with van der Waals surface area (Å²) in [6, 6.07) is 0. The van der Waals surface area contributed by atoms with E-state index in [0.717, 1.165) is 26.1 Å². The molecule has 0 radical (unpaired) electrons. The maximum atomic E-state index is 3.97. The normalized spacial score (nSPS) is 16.6. The summed E-state index contributed by atoms with van der Waals surface area (Å²) in [7, 11) is 0. The molecule has 0 spiro atoms. The summed E-state index contributed by atoms with van der Waals surface area (Å²) in [4.78, 5) is 0. The zero-order chi connectivity index (χ0) is 16.4. The quantitative estimate of drug-likeness (QED) is 0.466. The molecule has 0 saturated heterocycles. The van der Waals surface area contributed by atoms with Crippen molar-refractivity contribution in [2.24, 2.45) is 5.92 Å². The summed E-state index contributed by atoms with van der Waals surface area (Å²) in [6.07, 6.45) is 10.7. The molecule has 1 rings (SSSR count). The molecule has 0 aromatic rings. The van der Waals surface area contributed by atoms with Crippen LogP contribution in [0.3, 0.4) is 0 Å². The second-order valence-electron chi connectivity index (χ2n) is 6.38. The van der Waals surface area contributed by atoms with Crippen molar-refractivity contribution in [2.75, 3.05) is 19.6 Å².